The molecule has 0 amide bonds. The molecule has 5 heteroatoms. The lowest BCUT2D eigenvalue weighted by atomic mass is 10.2. The van der Waals surface area contributed by atoms with Gasteiger partial charge in [-0.3, -0.25) is 0 Å². The molecule has 2 N–H and O–H groups in total. The summed E-state index contributed by atoms with van der Waals surface area (Å²) in [6, 6.07) is 10.0. The van der Waals surface area contributed by atoms with Crippen molar-refractivity contribution in [2.45, 2.75) is 0 Å². The van der Waals surface area contributed by atoms with Gasteiger partial charge in [0.1, 0.15) is 0 Å². The van der Waals surface area contributed by atoms with E-state index in [0.29, 0.717) is 0 Å². The molecule has 1 aromatic carbocycles. The van der Waals surface area contributed by atoms with Gasteiger partial charge in [0.05, 0.1) is 6.26 Å². The molecule has 0 spiro atoms. The van der Waals surface area contributed by atoms with Crippen LogP contribution in [0.5, 0.6) is 0 Å². The number of benzene rings is 1. The van der Waals surface area contributed by atoms with E-state index in [4.69, 9.17) is 15.0 Å². The monoisotopic (exact) mass is 290 g/mol. The second-order valence-electron chi connectivity index (χ2n) is 3.10. The lowest BCUT2D eigenvalue weighted by Gasteiger charge is -1.87. The maximum atomic E-state index is 10.3. The fraction of sp³-hybridized carbons (Fsp3) is 0. The van der Waals surface area contributed by atoms with Crippen LogP contribution in [0.3, 0.4) is 0 Å². The Morgan fingerprint density at radius 1 is 1.05 bits per heavy atom. The van der Waals surface area contributed by atoms with Gasteiger partial charge in [0.2, 0.25) is 0 Å². The summed E-state index contributed by atoms with van der Waals surface area (Å²) in [5.74, 6) is -0.465. The third-order valence-corrected chi connectivity index (χ3v) is 1.60. The van der Waals surface area contributed by atoms with E-state index in [1.807, 2.05) is 36.4 Å². The molecule has 21 heavy (non-hydrogen) atoms. The molecule has 0 aromatic heterocycles. The van der Waals surface area contributed by atoms with Crippen molar-refractivity contribution in [3.8, 4) is 0 Å². The van der Waals surface area contributed by atoms with Crippen molar-refractivity contribution in [1.82, 2.24) is 0 Å². The van der Waals surface area contributed by atoms with Crippen molar-refractivity contribution in [2.75, 3.05) is 0 Å². The number of carbonyl (C=O) groups excluding carboxylic acids is 1. The predicted octanol–water partition coefficient (Wildman–Crippen LogP) is 3.97. The molecule has 0 aliphatic rings. The summed E-state index contributed by atoms with van der Waals surface area (Å²) < 4.78 is 4.42. The summed E-state index contributed by atoms with van der Waals surface area (Å²) in [4.78, 5) is 18.8. The molecule has 0 aliphatic heterocycles. The number of rotatable bonds is 4. The summed E-state index contributed by atoms with van der Waals surface area (Å²) >= 11 is 0. The van der Waals surface area contributed by atoms with Crippen LogP contribution >= 0.6 is 0 Å². The lowest BCUT2D eigenvalue weighted by molar-refractivity contribution is -0.132. The lowest BCUT2D eigenvalue weighted by Crippen LogP contribution is -1.91. The molecule has 0 aliphatic carbocycles. The molecular weight excluding hydrogens is 272 g/mol. The number of esters is 1. The highest BCUT2D eigenvalue weighted by Crippen LogP contribution is 1.97. The minimum absolute atomic E-state index is 0.465. The van der Waals surface area contributed by atoms with E-state index in [1.54, 1.807) is 0 Å². The highest BCUT2D eigenvalue weighted by molar-refractivity contribution is 5.81. The van der Waals surface area contributed by atoms with Gasteiger partial charge in [0.25, 0.3) is 0 Å². The Kier molecular flexibility index (Phi) is 14.4. The minimum Gasteiger partial charge on any atom is -0.450 e. The molecular formula is C16H18O5. The number of carbonyl (C=O) groups is 2. The zero-order valence-electron chi connectivity index (χ0n) is 11.5. The van der Waals surface area contributed by atoms with Gasteiger partial charge in [0.15, 0.2) is 0 Å². The predicted molar refractivity (Wildman–Crippen MR) is 82.8 cm³/mol. The number of hydrogen-bond donors (Lipinski definition) is 2. The molecule has 0 unspecified atom stereocenters. The molecule has 0 radical (unpaired) electrons. The topological polar surface area (TPSA) is 83.8 Å². The van der Waals surface area contributed by atoms with Gasteiger partial charge >= 0.3 is 12.1 Å². The maximum absolute atomic E-state index is 10.3. The number of allylic oxidation sites excluding steroid dienone is 2. The molecule has 1 aromatic rings. The summed E-state index contributed by atoms with van der Waals surface area (Å²) in [6.07, 6.45) is 5.36. The SMILES string of the molecule is C=CC=COC(=O)C=C.C=Cc1ccccc1.O=C(O)O. The van der Waals surface area contributed by atoms with Crippen LogP contribution in [0.15, 0.2) is 74.6 Å². The molecule has 112 valence electrons. The van der Waals surface area contributed by atoms with Crippen LogP contribution in [0.2, 0.25) is 0 Å². The van der Waals surface area contributed by atoms with E-state index in [0.717, 1.165) is 6.08 Å². The van der Waals surface area contributed by atoms with Crippen molar-refractivity contribution >= 4 is 18.2 Å². The van der Waals surface area contributed by atoms with E-state index in [2.05, 4.69) is 24.5 Å². The third kappa shape index (κ3) is 19.4. The van der Waals surface area contributed by atoms with Crippen molar-refractivity contribution in [3.63, 3.8) is 0 Å². The Morgan fingerprint density at radius 2 is 1.57 bits per heavy atom. The normalized spacial score (nSPS) is 8.19. The Labute approximate surface area is 123 Å². The van der Waals surface area contributed by atoms with Crippen LogP contribution in [0.1, 0.15) is 5.56 Å². The van der Waals surface area contributed by atoms with Crippen LogP contribution in [-0.4, -0.2) is 22.3 Å². The molecule has 0 saturated heterocycles. The van der Waals surface area contributed by atoms with Gasteiger partial charge in [-0.1, -0.05) is 62.2 Å². The smallest absolute Gasteiger partial charge is 0.450 e. The van der Waals surface area contributed by atoms with Crippen molar-refractivity contribution < 1.29 is 24.5 Å². The van der Waals surface area contributed by atoms with Gasteiger partial charge in [-0.25, -0.2) is 9.59 Å². The van der Waals surface area contributed by atoms with Gasteiger partial charge in [0, 0.05) is 6.08 Å². The second kappa shape index (κ2) is 15.0. The van der Waals surface area contributed by atoms with Crippen molar-refractivity contribution in [1.29, 1.82) is 0 Å². The maximum Gasteiger partial charge on any atom is 0.503 e. The fourth-order valence-corrected chi connectivity index (χ4v) is 0.799. The largest absolute Gasteiger partial charge is 0.503 e. The average Bonchev–Trinajstić information content (AvgIpc) is 2.48. The Bertz CT molecular complexity index is 471. The average molecular weight is 290 g/mol. The summed E-state index contributed by atoms with van der Waals surface area (Å²) in [5.41, 5.74) is 1.17. The Morgan fingerprint density at radius 3 is 1.90 bits per heavy atom. The fourth-order valence-electron chi connectivity index (χ4n) is 0.799. The van der Waals surface area contributed by atoms with Crippen molar-refractivity contribution in [2.24, 2.45) is 0 Å². The van der Waals surface area contributed by atoms with E-state index >= 15 is 0 Å². The molecule has 0 heterocycles. The van der Waals surface area contributed by atoms with Crippen LogP contribution in [0, 0.1) is 0 Å². The van der Waals surface area contributed by atoms with Crippen LogP contribution in [0.4, 0.5) is 4.79 Å². The molecule has 0 atom stereocenters. The quantitative estimate of drug-likeness (QED) is 0.379. The summed E-state index contributed by atoms with van der Waals surface area (Å²) in [5, 5.41) is 13.9. The zero-order chi connectivity index (χ0) is 16.5. The first-order valence-electron chi connectivity index (χ1n) is 5.67. The Balaban J connectivity index is 0. The van der Waals surface area contributed by atoms with Gasteiger partial charge in [-0.2, -0.15) is 0 Å². The molecule has 0 fully saturated rings. The molecule has 1 rings (SSSR count). The molecule has 0 saturated carbocycles. The van der Waals surface area contributed by atoms with Crippen LogP contribution < -0.4 is 0 Å². The van der Waals surface area contributed by atoms with E-state index in [9.17, 15) is 4.79 Å². The minimum atomic E-state index is -1.83. The highest BCUT2D eigenvalue weighted by atomic mass is 16.6. The van der Waals surface area contributed by atoms with Gasteiger partial charge in [-0.05, 0) is 11.6 Å². The molecule has 0 bridgehead atoms. The van der Waals surface area contributed by atoms with E-state index in [-0.39, 0.29) is 0 Å². The number of carboxylic acid groups (broad SMARTS) is 2. The third-order valence-electron chi connectivity index (χ3n) is 1.60. The van der Waals surface area contributed by atoms with E-state index < -0.39 is 12.1 Å². The Hall–Kier alpha value is -3.08. The molecule has 5 nitrogen and oxygen atoms in total. The number of ether oxygens (including phenoxy) is 1. The van der Waals surface area contributed by atoms with Crippen LogP contribution in [0.25, 0.3) is 6.08 Å². The van der Waals surface area contributed by atoms with Gasteiger partial charge in [-0.15, -0.1) is 0 Å². The first-order chi connectivity index (χ1) is 9.97. The number of hydrogen-bond acceptors (Lipinski definition) is 3. The summed E-state index contributed by atoms with van der Waals surface area (Å²) in [6.45, 7) is 10.2. The van der Waals surface area contributed by atoms with Crippen LogP contribution in [-0.2, 0) is 9.53 Å². The highest BCUT2D eigenvalue weighted by Gasteiger charge is 1.86. The zero-order valence-corrected chi connectivity index (χ0v) is 11.5. The van der Waals surface area contributed by atoms with E-state index in [1.165, 1.54) is 24.0 Å². The summed E-state index contributed by atoms with van der Waals surface area (Å²) in [7, 11) is 0. The first kappa shape index (κ1) is 20.2. The first-order valence-corrected chi connectivity index (χ1v) is 5.67. The second-order valence-corrected chi connectivity index (χ2v) is 3.10. The van der Waals surface area contributed by atoms with Gasteiger partial charge < -0.3 is 14.9 Å². The standard InChI is InChI=1S/C8H8.C7H8O2.CH2O3/c1-2-8-6-4-3-5-7-8;1-3-5-6-9-7(8)4-2;2-1(3)4/h2-7H,1H2;3-6H,1-2H2;(H2,2,3,4). The van der Waals surface area contributed by atoms with Crippen molar-refractivity contribution in [3.05, 3.63) is 80.1 Å².